The van der Waals surface area contributed by atoms with Gasteiger partial charge in [0.1, 0.15) is 5.82 Å². The van der Waals surface area contributed by atoms with Gasteiger partial charge in [0.2, 0.25) is 0 Å². The largest absolute Gasteiger partial charge is 0.292 e. The number of aliphatic imine (C=N–C) groups is 2. The van der Waals surface area contributed by atoms with E-state index in [-0.39, 0.29) is 5.92 Å². The number of nitrogens with zero attached hydrogens (tertiary/aromatic N) is 4. The maximum atomic E-state index is 5.38. The van der Waals surface area contributed by atoms with Crippen molar-refractivity contribution in [1.29, 1.82) is 0 Å². The zero-order valence-electron chi connectivity index (χ0n) is 29.8. The first kappa shape index (κ1) is 32.5. The summed E-state index contributed by atoms with van der Waals surface area (Å²) in [6.45, 7) is 2.17. The summed E-state index contributed by atoms with van der Waals surface area (Å²) in [6.07, 6.45) is 11.7. The lowest BCUT2D eigenvalue weighted by Crippen LogP contribution is -2.16. The SMILES string of the molecule is CC/C=C\C=C/CC1CC(c2cc(C3=Nc4ccccc4[C@@H]3c3ccccc3)cc(-c3nc4ccccc4n3-c3ccccc3)c2)=Nc2ccccc21. The minimum Gasteiger partial charge on any atom is -0.292 e. The third-order valence-electron chi connectivity index (χ3n) is 10.4. The van der Waals surface area contributed by atoms with Gasteiger partial charge in [-0.05, 0) is 108 Å². The van der Waals surface area contributed by atoms with Gasteiger partial charge < -0.3 is 0 Å². The summed E-state index contributed by atoms with van der Waals surface area (Å²) in [7, 11) is 0. The van der Waals surface area contributed by atoms with Gasteiger partial charge in [-0.15, -0.1) is 0 Å². The maximum Gasteiger partial charge on any atom is 0.145 e. The van der Waals surface area contributed by atoms with Crippen LogP contribution < -0.4 is 0 Å². The molecule has 0 fully saturated rings. The molecule has 53 heavy (non-hydrogen) atoms. The van der Waals surface area contributed by atoms with Crippen molar-refractivity contribution in [1.82, 2.24) is 9.55 Å². The molecule has 0 amide bonds. The van der Waals surface area contributed by atoms with E-state index in [1.54, 1.807) is 0 Å². The fourth-order valence-electron chi connectivity index (χ4n) is 7.92. The fraction of sp³-hybridized carbons (Fsp3) is 0.122. The van der Waals surface area contributed by atoms with Crippen molar-refractivity contribution in [3.8, 4) is 17.1 Å². The van der Waals surface area contributed by atoms with Gasteiger partial charge in [-0.1, -0.05) is 128 Å². The highest BCUT2D eigenvalue weighted by Gasteiger charge is 2.31. The summed E-state index contributed by atoms with van der Waals surface area (Å²) in [5.74, 6) is 1.22. The molecule has 2 atom stereocenters. The Bertz CT molecular complexity index is 2550. The van der Waals surface area contributed by atoms with E-state index in [1.165, 1.54) is 16.7 Å². The Kier molecular flexibility index (Phi) is 8.79. The van der Waals surface area contributed by atoms with Crippen molar-refractivity contribution in [3.63, 3.8) is 0 Å². The van der Waals surface area contributed by atoms with E-state index in [0.29, 0.717) is 5.92 Å². The van der Waals surface area contributed by atoms with Crippen LogP contribution in [0, 0.1) is 0 Å². The Balaban J connectivity index is 1.25. The second-order valence-corrected chi connectivity index (χ2v) is 13.8. The molecule has 256 valence electrons. The Morgan fingerprint density at radius 2 is 1.26 bits per heavy atom. The highest BCUT2D eigenvalue weighted by molar-refractivity contribution is 6.14. The minimum atomic E-state index is 0.00604. The number of hydrogen-bond donors (Lipinski definition) is 0. The maximum absolute atomic E-state index is 5.38. The minimum absolute atomic E-state index is 0.00604. The van der Waals surface area contributed by atoms with Crippen molar-refractivity contribution < 1.29 is 0 Å². The van der Waals surface area contributed by atoms with Crippen LogP contribution in [0.25, 0.3) is 28.1 Å². The zero-order valence-corrected chi connectivity index (χ0v) is 29.8. The Labute approximate surface area is 311 Å². The average molecular weight is 685 g/mol. The van der Waals surface area contributed by atoms with Gasteiger partial charge in [0.05, 0.1) is 34.0 Å². The summed E-state index contributed by atoms with van der Waals surface area (Å²) in [5, 5.41) is 0. The molecule has 4 nitrogen and oxygen atoms in total. The molecule has 7 aromatic rings. The number of para-hydroxylation sites is 5. The Morgan fingerprint density at radius 3 is 2.08 bits per heavy atom. The summed E-state index contributed by atoms with van der Waals surface area (Å²) in [6, 6.07) is 53.8. The number of aromatic nitrogens is 2. The predicted molar refractivity (Wildman–Crippen MR) is 221 cm³/mol. The molecule has 0 bridgehead atoms. The molecule has 0 aliphatic carbocycles. The normalized spacial score (nSPS) is 16.5. The molecule has 6 aromatic carbocycles. The van der Waals surface area contributed by atoms with Gasteiger partial charge in [-0.25, -0.2) is 4.98 Å². The van der Waals surface area contributed by atoms with Gasteiger partial charge in [-0.3, -0.25) is 14.6 Å². The van der Waals surface area contributed by atoms with Crippen LogP contribution in [0.5, 0.6) is 0 Å². The molecule has 2 aliphatic heterocycles. The molecule has 0 radical (unpaired) electrons. The first-order valence-electron chi connectivity index (χ1n) is 18.6. The van der Waals surface area contributed by atoms with Gasteiger partial charge in [0.25, 0.3) is 0 Å². The van der Waals surface area contributed by atoms with Gasteiger partial charge in [0.15, 0.2) is 0 Å². The number of benzene rings is 6. The van der Waals surface area contributed by atoms with E-state index < -0.39 is 0 Å². The van der Waals surface area contributed by atoms with Crippen LogP contribution in [0.15, 0.2) is 186 Å². The molecule has 0 saturated carbocycles. The monoisotopic (exact) mass is 684 g/mol. The van der Waals surface area contributed by atoms with E-state index in [1.807, 2.05) is 0 Å². The quantitative estimate of drug-likeness (QED) is 0.140. The van der Waals surface area contributed by atoms with Crippen LogP contribution in [0.2, 0.25) is 0 Å². The van der Waals surface area contributed by atoms with Crippen molar-refractivity contribution in [3.05, 3.63) is 204 Å². The van der Waals surface area contributed by atoms with Crippen molar-refractivity contribution in [2.75, 3.05) is 0 Å². The van der Waals surface area contributed by atoms with Gasteiger partial charge >= 0.3 is 0 Å². The van der Waals surface area contributed by atoms with E-state index in [4.69, 9.17) is 15.0 Å². The summed E-state index contributed by atoms with van der Waals surface area (Å²) in [5.41, 5.74) is 14.3. The van der Waals surface area contributed by atoms with Crippen LogP contribution in [0.4, 0.5) is 11.4 Å². The van der Waals surface area contributed by atoms with Crippen LogP contribution in [0.1, 0.15) is 65.8 Å². The highest BCUT2D eigenvalue weighted by Crippen LogP contribution is 2.44. The second kappa shape index (κ2) is 14.3. The standard InChI is InChI=1S/C49H40N4/c1-2-3-4-5-8-21-35-33-45(50-42-26-15-13-24-40(35)42)36-30-37(48-47(34-19-9-6-10-20-34)41-25-14-16-27-43(41)51-48)32-38(31-36)49-52-44-28-17-18-29-46(44)53(49)39-22-11-7-12-23-39/h3-20,22-32,35,47H,2,21,33H2,1H3/b4-3-,8-5-/t35?,47-/m0/s1. The second-order valence-electron chi connectivity index (χ2n) is 13.8. The zero-order chi connectivity index (χ0) is 35.6. The molecule has 9 rings (SSSR count). The van der Waals surface area contributed by atoms with Crippen LogP contribution >= 0.6 is 0 Å². The molecular formula is C49H40N4. The molecule has 0 spiro atoms. The van der Waals surface area contributed by atoms with Gasteiger partial charge in [-0.2, -0.15) is 0 Å². The molecule has 2 aliphatic rings. The van der Waals surface area contributed by atoms with Crippen molar-refractivity contribution in [2.45, 2.75) is 38.0 Å². The van der Waals surface area contributed by atoms with Gasteiger partial charge in [0, 0.05) is 17.0 Å². The molecule has 1 unspecified atom stereocenters. The fourth-order valence-corrected chi connectivity index (χ4v) is 7.92. The molecule has 0 N–H and O–H groups in total. The van der Waals surface area contributed by atoms with Crippen LogP contribution in [-0.2, 0) is 0 Å². The average Bonchev–Trinajstić information content (AvgIpc) is 3.81. The number of allylic oxidation sites excluding steroid dienone is 4. The van der Waals surface area contributed by atoms with Crippen LogP contribution in [-0.4, -0.2) is 21.0 Å². The third-order valence-corrected chi connectivity index (χ3v) is 10.4. The number of fused-ring (bicyclic) bond motifs is 3. The predicted octanol–water partition coefficient (Wildman–Crippen LogP) is 12.5. The lowest BCUT2D eigenvalue weighted by Gasteiger charge is -2.25. The highest BCUT2D eigenvalue weighted by atomic mass is 15.1. The van der Waals surface area contributed by atoms with E-state index in [2.05, 4.69) is 187 Å². The summed E-state index contributed by atoms with van der Waals surface area (Å²) < 4.78 is 2.29. The molecule has 4 heteroatoms. The number of hydrogen-bond acceptors (Lipinski definition) is 3. The first-order chi connectivity index (χ1) is 26.2. The lowest BCUT2D eigenvalue weighted by atomic mass is 9.82. The number of imidazole rings is 1. The molecular weight excluding hydrogens is 645 g/mol. The first-order valence-corrected chi connectivity index (χ1v) is 18.6. The molecule has 1 aromatic heterocycles. The van der Waals surface area contributed by atoms with E-state index in [0.717, 1.165) is 81.3 Å². The van der Waals surface area contributed by atoms with Crippen LogP contribution in [0.3, 0.4) is 0 Å². The van der Waals surface area contributed by atoms with Crippen molar-refractivity contribution in [2.24, 2.45) is 9.98 Å². The van der Waals surface area contributed by atoms with Crippen molar-refractivity contribution >= 4 is 33.8 Å². The summed E-state index contributed by atoms with van der Waals surface area (Å²) in [4.78, 5) is 16.1. The summed E-state index contributed by atoms with van der Waals surface area (Å²) >= 11 is 0. The molecule has 3 heterocycles. The van der Waals surface area contributed by atoms with E-state index in [9.17, 15) is 0 Å². The van der Waals surface area contributed by atoms with E-state index >= 15 is 0 Å². The Morgan fingerprint density at radius 1 is 0.623 bits per heavy atom. The molecule has 0 saturated heterocycles. The Hall–Kier alpha value is -6.39. The third kappa shape index (κ3) is 6.27. The topological polar surface area (TPSA) is 42.5 Å². The smallest absolute Gasteiger partial charge is 0.145 e. The number of rotatable bonds is 9. The lowest BCUT2D eigenvalue weighted by molar-refractivity contribution is 0.722.